The Hall–Kier alpha value is -1.12. The molecule has 1 aliphatic carbocycles. The van der Waals surface area contributed by atoms with Crippen molar-refractivity contribution < 1.29 is 14.3 Å². The van der Waals surface area contributed by atoms with Crippen LogP contribution < -0.4 is 0 Å². The number of methoxy groups -OCH3 is 1. The highest BCUT2D eigenvalue weighted by Crippen LogP contribution is 2.28. The minimum atomic E-state index is -0.529. The van der Waals surface area contributed by atoms with Crippen LogP contribution in [-0.4, -0.2) is 18.9 Å². The first-order chi connectivity index (χ1) is 6.70. The molecule has 0 aromatic heterocycles. The van der Waals surface area contributed by atoms with Crippen LogP contribution in [0.5, 0.6) is 0 Å². The highest BCUT2D eigenvalue weighted by atomic mass is 16.5. The number of ether oxygens (including phenoxy) is 1. The van der Waals surface area contributed by atoms with Crippen molar-refractivity contribution in [2.24, 2.45) is 11.8 Å². The SMILES string of the molecule is C=CCC1CCCC(C(=O)OC)C1=O. The van der Waals surface area contributed by atoms with E-state index in [1.54, 1.807) is 6.08 Å². The van der Waals surface area contributed by atoms with Crippen LogP contribution >= 0.6 is 0 Å². The van der Waals surface area contributed by atoms with E-state index in [1.807, 2.05) is 0 Å². The van der Waals surface area contributed by atoms with E-state index in [1.165, 1.54) is 7.11 Å². The third-order valence-corrected chi connectivity index (χ3v) is 2.73. The molecule has 0 amide bonds. The van der Waals surface area contributed by atoms with Gasteiger partial charge in [-0.2, -0.15) is 0 Å². The standard InChI is InChI=1S/C11H16O3/c1-3-5-8-6-4-7-9(10(8)12)11(13)14-2/h3,8-9H,1,4-7H2,2H3. The van der Waals surface area contributed by atoms with Gasteiger partial charge in [0.2, 0.25) is 0 Å². The summed E-state index contributed by atoms with van der Waals surface area (Å²) in [6, 6.07) is 0. The Labute approximate surface area is 84.1 Å². The van der Waals surface area contributed by atoms with Gasteiger partial charge in [0, 0.05) is 5.92 Å². The number of Topliss-reactive ketones (excluding diaryl/α,β-unsaturated/α-hetero) is 1. The van der Waals surface area contributed by atoms with Gasteiger partial charge in [0.25, 0.3) is 0 Å². The number of rotatable bonds is 3. The summed E-state index contributed by atoms with van der Waals surface area (Å²) in [5.41, 5.74) is 0. The van der Waals surface area contributed by atoms with Crippen LogP contribution in [-0.2, 0) is 14.3 Å². The van der Waals surface area contributed by atoms with Gasteiger partial charge in [0.15, 0.2) is 0 Å². The number of esters is 1. The molecule has 0 aliphatic heterocycles. The number of hydrogen-bond acceptors (Lipinski definition) is 3. The van der Waals surface area contributed by atoms with Gasteiger partial charge < -0.3 is 4.74 Å². The van der Waals surface area contributed by atoms with E-state index < -0.39 is 5.92 Å². The molecule has 0 N–H and O–H groups in total. The molecule has 1 fully saturated rings. The minimum absolute atomic E-state index is 0.0228. The first-order valence-corrected chi connectivity index (χ1v) is 4.93. The van der Waals surface area contributed by atoms with Crippen LogP contribution in [0.15, 0.2) is 12.7 Å². The zero-order chi connectivity index (χ0) is 10.6. The highest BCUT2D eigenvalue weighted by Gasteiger charge is 2.35. The summed E-state index contributed by atoms with van der Waals surface area (Å²) in [7, 11) is 1.33. The predicted octanol–water partition coefficient (Wildman–Crippen LogP) is 1.72. The third-order valence-electron chi connectivity index (χ3n) is 2.73. The van der Waals surface area contributed by atoms with Gasteiger partial charge in [-0.05, 0) is 19.3 Å². The van der Waals surface area contributed by atoms with Crippen molar-refractivity contribution in [3.05, 3.63) is 12.7 Å². The van der Waals surface area contributed by atoms with E-state index in [2.05, 4.69) is 11.3 Å². The van der Waals surface area contributed by atoms with E-state index in [4.69, 9.17) is 0 Å². The van der Waals surface area contributed by atoms with Crippen molar-refractivity contribution in [1.29, 1.82) is 0 Å². The molecule has 14 heavy (non-hydrogen) atoms. The topological polar surface area (TPSA) is 43.4 Å². The van der Waals surface area contributed by atoms with Gasteiger partial charge in [0.05, 0.1) is 7.11 Å². The lowest BCUT2D eigenvalue weighted by Gasteiger charge is -2.25. The van der Waals surface area contributed by atoms with E-state index in [9.17, 15) is 9.59 Å². The molecule has 1 saturated carbocycles. The van der Waals surface area contributed by atoms with Crippen LogP contribution in [0, 0.1) is 11.8 Å². The fourth-order valence-electron chi connectivity index (χ4n) is 1.95. The van der Waals surface area contributed by atoms with E-state index in [-0.39, 0.29) is 17.7 Å². The normalized spacial score (nSPS) is 27.1. The molecule has 2 atom stereocenters. The summed E-state index contributed by atoms with van der Waals surface area (Å²) in [6.45, 7) is 3.61. The fraction of sp³-hybridized carbons (Fsp3) is 0.636. The number of ketones is 1. The van der Waals surface area contributed by atoms with E-state index >= 15 is 0 Å². The second-order valence-corrected chi connectivity index (χ2v) is 3.63. The van der Waals surface area contributed by atoms with Gasteiger partial charge in [-0.25, -0.2) is 0 Å². The maximum Gasteiger partial charge on any atom is 0.316 e. The van der Waals surface area contributed by atoms with Crippen molar-refractivity contribution in [1.82, 2.24) is 0 Å². The van der Waals surface area contributed by atoms with Crippen molar-refractivity contribution in [2.75, 3.05) is 7.11 Å². The minimum Gasteiger partial charge on any atom is -0.468 e. The Morgan fingerprint density at radius 1 is 1.64 bits per heavy atom. The monoisotopic (exact) mass is 196 g/mol. The zero-order valence-corrected chi connectivity index (χ0v) is 8.49. The predicted molar refractivity (Wildman–Crippen MR) is 52.7 cm³/mol. The van der Waals surface area contributed by atoms with Gasteiger partial charge >= 0.3 is 5.97 Å². The summed E-state index contributed by atoms with van der Waals surface area (Å²) in [5, 5.41) is 0. The smallest absolute Gasteiger partial charge is 0.316 e. The van der Waals surface area contributed by atoms with Crippen LogP contribution in [0.1, 0.15) is 25.7 Å². The third kappa shape index (κ3) is 2.22. The molecule has 0 spiro atoms. The second kappa shape index (κ2) is 4.94. The fourth-order valence-corrected chi connectivity index (χ4v) is 1.95. The Kier molecular flexibility index (Phi) is 3.86. The van der Waals surface area contributed by atoms with Crippen molar-refractivity contribution >= 4 is 11.8 Å². The van der Waals surface area contributed by atoms with Gasteiger partial charge in [-0.15, -0.1) is 6.58 Å². The van der Waals surface area contributed by atoms with E-state index in [0.717, 1.165) is 12.8 Å². The summed E-state index contributed by atoms with van der Waals surface area (Å²) in [4.78, 5) is 23.0. The van der Waals surface area contributed by atoms with Crippen molar-refractivity contribution in [3.63, 3.8) is 0 Å². The zero-order valence-electron chi connectivity index (χ0n) is 8.49. The number of hydrogen-bond donors (Lipinski definition) is 0. The molecule has 78 valence electrons. The highest BCUT2D eigenvalue weighted by molar-refractivity contribution is 6.00. The average molecular weight is 196 g/mol. The van der Waals surface area contributed by atoms with Crippen LogP contribution in [0.25, 0.3) is 0 Å². The lowest BCUT2D eigenvalue weighted by molar-refractivity contribution is -0.152. The number of carbonyl (C=O) groups is 2. The molecule has 0 heterocycles. The Morgan fingerprint density at radius 3 is 2.93 bits per heavy atom. The van der Waals surface area contributed by atoms with E-state index in [0.29, 0.717) is 12.8 Å². The number of carbonyl (C=O) groups excluding carboxylic acids is 2. The van der Waals surface area contributed by atoms with Crippen LogP contribution in [0.3, 0.4) is 0 Å². The quantitative estimate of drug-likeness (QED) is 0.392. The number of allylic oxidation sites excluding steroid dienone is 1. The Balaban J connectivity index is 2.65. The Morgan fingerprint density at radius 2 is 2.36 bits per heavy atom. The Bertz CT molecular complexity index is 245. The molecular weight excluding hydrogens is 180 g/mol. The molecule has 0 aromatic carbocycles. The lowest BCUT2D eigenvalue weighted by Crippen LogP contribution is -2.34. The maximum absolute atomic E-state index is 11.8. The van der Waals surface area contributed by atoms with Gasteiger partial charge in [-0.1, -0.05) is 12.5 Å². The summed E-state index contributed by atoms with van der Waals surface area (Å²) in [5.74, 6) is -0.907. The molecule has 1 rings (SSSR count). The lowest BCUT2D eigenvalue weighted by atomic mass is 9.78. The molecular formula is C11H16O3. The molecule has 0 radical (unpaired) electrons. The molecule has 0 bridgehead atoms. The maximum atomic E-state index is 11.8. The largest absolute Gasteiger partial charge is 0.468 e. The summed E-state index contributed by atoms with van der Waals surface area (Å²) >= 11 is 0. The summed E-state index contributed by atoms with van der Waals surface area (Å²) in [6.07, 6.45) is 4.84. The molecule has 2 unspecified atom stereocenters. The van der Waals surface area contributed by atoms with Gasteiger partial charge in [-0.3, -0.25) is 9.59 Å². The summed E-state index contributed by atoms with van der Waals surface area (Å²) < 4.78 is 4.60. The average Bonchev–Trinajstić information content (AvgIpc) is 2.20. The van der Waals surface area contributed by atoms with Gasteiger partial charge in [0.1, 0.15) is 11.7 Å². The molecule has 3 nitrogen and oxygen atoms in total. The van der Waals surface area contributed by atoms with Crippen LogP contribution in [0.2, 0.25) is 0 Å². The second-order valence-electron chi connectivity index (χ2n) is 3.63. The molecule has 1 aliphatic rings. The first-order valence-electron chi connectivity index (χ1n) is 4.93. The first kappa shape index (κ1) is 11.0. The molecule has 0 aromatic rings. The van der Waals surface area contributed by atoms with Crippen LogP contribution in [0.4, 0.5) is 0 Å². The molecule has 3 heteroatoms. The molecule has 0 saturated heterocycles. The van der Waals surface area contributed by atoms with Crippen molar-refractivity contribution in [3.8, 4) is 0 Å². The van der Waals surface area contributed by atoms with Crippen molar-refractivity contribution in [2.45, 2.75) is 25.7 Å².